The number of nitrogens with zero attached hydrogens (tertiary/aromatic N) is 1. The Bertz CT molecular complexity index is 670. The Kier molecular flexibility index (Phi) is 8.69. The molecule has 1 atom stereocenters. The van der Waals surface area contributed by atoms with E-state index in [1.807, 2.05) is 37.3 Å². The van der Waals surface area contributed by atoms with Crippen LogP contribution < -0.4 is 16.0 Å². The van der Waals surface area contributed by atoms with Crippen molar-refractivity contribution in [2.24, 2.45) is 10.9 Å². The molecule has 0 radical (unpaired) electrons. The van der Waals surface area contributed by atoms with Gasteiger partial charge in [0.1, 0.15) is 0 Å². The van der Waals surface area contributed by atoms with E-state index < -0.39 is 0 Å². The van der Waals surface area contributed by atoms with Crippen LogP contribution in [-0.4, -0.2) is 38.0 Å². The van der Waals surface area contributed by atoms with Gasteiger partial charge in [-0.1, -0.05) is 31.2 Å². The van der Waals surface area contributed by atoms with E-state index in [2.05, 4.69) is 45.4 Å². The molecule has 0 spiro atoms. The largest absolute Gasteiger partial charge is 0.357 e. The summed E-state index contributed by atoms with van der Waals surface area (Å²) in [5, 5.41) is 11.5. The lowest BCUT2D eigenvalue weighted by molar-refractivity contribution is 0.0954. The Morgan fingerprint density at radius 3 is 2.54 bits per heavy atom. The molecule has 0 saturated carbocycles. The van der Waals surface area contributed by atoms with Gasteiger partial charge in [-0.25, -0.2) is 0 Å². The Morgan fingerprint density at radius 2 is 1.85 bits per heavy atom. The van der Waals surface area contributed by atoms with Crippen molar-refractivity contribution in [1.29, 1.82) is 0 Å². The zero-order chi connectivity index (χ0) is 18.6. The number of hydrogen-bond donors (Lipinski definition) is 3. The molecule has 0 aliphatic rings. The molecule has 0 saturated heterocycles. The van der Waals surface area contributed by atoms with Crippen LogP contribution in [0.1, 0.15) is 29.1 Å². The van der Waals surface area contributed by atoms with E-state index in [0.717, 1.165) is 25.5 Å². The summed E-state index contributed by atoms with van der Waals surface area (Å²) >= 11 is 1.79. The van der Waals surface area contributed by atoms with Crippen molar-refractivity contribution >= 4 is 23.2 Å². The van der Waals surface area contributed by atoms with Crippen LogP contribution >= 0.6 is 11.3 Å². The molecule has 0 fully saturated rings. The van der Waals surface area contributed by atoms with Crippen LogP contribution in [0.5, 0.6) is 0 Å². The Morgan fingerprint density at radius 1 is 1.08 bits per heavy atom. The molecule has 1 heterocycles. The minimum Gasteiger partial charge on any atom is -0.357 e. The summed E-state index contributed by atoms with van der Waals surface area (Å²) in [6, 6.07) is 13.5. The summed E-state index contributed by atoms with van der Waals surface area (Å²) in [7, 11) is 0. The average Bonchev–Trinajstić information content (AvgIpc) is 3.16. The van der Waals surface area contributed by atoms with E-state index in [0.29, 0.717) is 24.6 Å². The molecule has 0 aliphatic heterocycles. The third-order valence-corrected chi connectivity index (χ3v) is 4.67. The van der Waals surface area contributed by atoms with Crippen molar-refractivity contribution in [3.8, 4) is 0 Å². The molecule has 1 unspecified atom stereocenters. The molecule has 1 amide bonds. The number of guanidine groups is 1. The first-order valence-electron chi connectivity index (χ1n) is 9.06. The summed E-state index contributed by atoms with van der Waals surface area (Å²) in [5.74, 6) is 1.22. The lowest BCUT2D eigenvalue weighted by atomic mass is 10.1. The number of hydrogen-bond acceptors (Lipinski definition) is 3. The first-order chi connectivity index (χ1) is 12.7. The van der Waals surface area contributed by atoms with Gasteiger partial charge in [0, 0.05) is 36.6 Å². The number of carbonyl (C=O) groups is 1. The van der Waals surface area contributed by atoms with Crippen LogP contribution in [0.3, 0.4) is 0 Å². The van der Waals surface area contributed by atoms with Crippen LogP contribution in [-0.2, 0) is 6.42 Å². The van der Waals surface area contributed by atoms with Gasteiger partial charge in [-0.3, -0.25) is 9.79 Å². The van der Waals surface area contributed by atoms with Crippen LogP contribution in [0.25, 0.3) is 0 Å². The second kappa shape index (κ2) is 11.3. The number of nitrogens with one attached hydrogen (secondary N) is 3. The predicted molar refractivity (Wildman–Crippen MR) is 110 cm³/mol. The van der Waals surface area contributed by atoms with E-state index in [1.54, 1.807) is 11.3 Å². The number of thiophene rings is 1. The summed E-state index contributed by atoms with van der Waals surface area (Å²) in [5.41, 5.74) is 0.676. The van der Waals surface area contributed by atoms with Gasteiger partial charge in [-0.15, -0.1) is 11.3 Å². The van der Waals surface area contributed by atoms with Crippen molar-refractivity contribution < 1.29 is 4.79 Å². The van der Waals surface area contributed by atoms with Crippen LogP contribution in [0.4, 0.5) is 0 Å². The predicted octanol–water partition coefficient (Wildman–Crippen LogP) is 2.91. The second-order valence-electron chi connectivity index (χ2n) is 6.16. The van der Waals surface area contributed by atoms with Crippen molar-refractivity contribution in [3.63, 3.8) is 0 Å². The molecule has 6 heteroatoms. The Balaban J connectivity index is 1.72. The van der Waals surface area contributed by atoms with E-state index in [4.69, 9.17) is 0 Å². The van der Waals surface area contributed by atoms with Gasteiger partial charge in [0.2, 0.25) is 0 Å². The van der Waals surface area contributed by atoms with Crippen LogP contribution in [0.15, 0.2) is 52.8 Å². The normalized spacial score (nSPS) is 12.5. The molecule has 2 aromatic rings. The van der Waals surface area contributed by atoms with Crippen LogP contribution in [0.2, 0.25) is 0 Å². The zero-order valence-electron chi connectivity index (χ0n) is 15.5. The number of carbonyl (C=O) groups excluding carboxylic acids is 1. The zero-order valence-corrected chi connectivity index (χ0v) is 16.3. The number of amides is 1. The van der Waals surface area contributed by atoms with Crippen molar-refractivity contribution in [3.05, 3.63) is 58.3 Å². The lowest BCUT2D eigenvalue weighted by Crippen LogP contribution is -2.41. The molecular formula is C20H28N4OS. The van der Waals surface area contributed by atoms with Gasteiger partial charge in [-0.05, 0) is 42.8 Å². The maximum Gasteiger partial charge on any atom is 0.251 e. The molecule has 5 nitrogen and oxygen atoms in total. The molecule has 1 aromatic carbocycles. The van der Waals surface area contributed by atoms with Gasteiger partial charge in [0.25, 0.3) is 5.91 Å². The summed E-state index contributed by atoms with van der Waals surface area (Å²) in [4.78, 5) is 18.1. The highest BCUT2D eigenvalue weighted by Crippen LogP contribution is 2.14. The highest BCUT2D eigenvalue weighted by molar-refractivity contribution is 7.09. The number of benzene rings is 1. The summed E-state index contributed by atoms with van der Waals surface area (Å²) < 4.78 is 0. The highest BCUT2D eigenvalue weighted by Gasteiger charge is 2.06. The maximum absolute atomic E-state index is 12.0. The summed E-state index contributed by atoms with van der Waals surface area (Å²) in [6.45, 7) is 7.01. The lowest BCUT2D eigenvalue weighted by Gasteiger charge is -2.13. The highest BCUT2D eigenvalue weighted by atomic mass is 32.1. The summed E-state index contributed by atoms with van der Waals surface area (Å²) in [6.07, 6.45) is 1.05. The topological polar surface area (TPSA) is 65.5 Å². The standard InChI is InChI=1S/C20H28N4OS/c1-3-21-20(24-15-16(2)14-18-10-7-13-26-18)23-12-11-22-19(25)17-8-5-4-6-9-17/h4-10,13,16H,3,11-12,14-15H2,1-2H3,(H,22,25)(H2,21,23,24). The number of aliphatic imine (C=N–C) groups is 1. The minimum absolute atomic E-state index is 0.0566. The van der Waals surface area contributed by atoms with Crippen molar-refractivity contribution in [2.75, 3.05) is 26.2 Å². The molecular weight excluding hydrogens is 344 g/mol. The van der Waals surface area contributed by atoms with E-state index in [-0.39, 0.29) is 5.91 Å². The first-order valence-corrected chi connectivity index (χ1v) is 9.94. The fraction of sp³-hybridized carbons (Fsp3) is 0.400. The van der Waals surface area contributed by atoms with Crippen molar-refractivity contribution in [1.82, 2.24) is 16.0 Å². The first kappa shape index (κ1) is 20.0. The second-order valence-corrected chi connectivity index (χ2v) is 7.19. The number of rotatable bonds is 9. The minimum atomic E-state index is -0.0566. The molecule has 140 valence electrons. The fourth-order valence-corrected chi connectivity index (χ4v) is 3.34. The Labute approximate surface area is 159 Å². The van der Waals surface area contributed by atoms with Gasteiger partial charge >= 0.3 is 0 Å². The maximum atomic E-state index is 12.0. The third-order valence-electron chi connectivity index (χ3n) is 3.77. The van der Waals surface area contributed by atoms with E-state index in [1.165, 1.54) is 4.88 Å². The molecule has 26 heavy (non-hydrogen) atoms. The Hall–Kier alpha value is -2.34. The third kappa shape index (κ3) is 7.27. The molecule has 0 bridgehead atoms. The van der Waals surface area contributed by atoms with Gasteiger partial charge in [0.05, 0.1) is 0 Å². The van der Waals surface area contributed by atoms with Crippen molar-refractivity contribution in [2.45, 2.75) is 20.3 Å². The van der Waals surface area contributed by atoms with Gasteiger partial charge in [0.15, 0.2) is 5.96 Å². The molecule has 0 aliphatic carbocycles. The molecule has 3 N–H and O–H groups in total. The van der Waals surface area contributed by atoms with Gasteiger partial charge in [-0.2, -0.15) is 0 Å². The van der Waals surface area contributed by atoms with Gasteiger partial charge < -0.3 is 16.0 Å². The van der Waals surface area contributed by atoms with E-state index in [9.17, 15) is 4.79 Å². The van der Waals surface area contributed by atoms with E-state index >= 15 is 0 Å². The molecule has 2 rings (SSSR count). The quantitative estimate of drug-likeness (QED) is 0.360. The van der Waals surface area contributed by atoms with Crippen LogP contribution in [0, 0.1) is 5.92 Å². The average molecular weight is 373 g/mol. The monoisotopic (exact) mass is 372 g/mol. The SMILES string of the molecule is CCNC(=NCC(C)Cc1cccs1)NCCNC(=O)c1ccccc1. The smallest absolute Gasteiger partial charge is 0.251 e. The molecule has 1 aromatic heterocycles. The fourth-order valence-electron chi connectivity index (χ4n) is 2.47.